The Kier molecular flexibility index (Phi) is 6.55. The Labute approximate surface area is 260 Å². The first kappa shape index (κ1) is 26.2. The third-order valence-corrected chi connectivity index (χ3v) is 9.25. The average Bonchev–Trinajstić information content (AvgIpc) is 3.49. The maximum atomic E-state index is 5.12. The molecule has 0 fully saturated rings. The molecule has 44 heavy (non-hydrogen) atoms. The van der Waals surface area contributed by atoms with Gasteiger partial charge in [0.2, 0.25) is 0 Å². The highest BCUT2D eigenvalue weighted by atomic mass is 32.1. The van der Waals surface area contributed by atoms with Gasteiger partial charge in [-0.1, -0.05) is 139 Å². The standard InChI is InChI=1S/C40H27N3S/c1-26-16-18-27(19-17-26)28-20-22-31(23-21-28)39-41-38(30-12-6-3-7-13-30)42-40(43-39)34-25-24-32(29-10-4-2-5-11-29)36-33-14-8-9-15-35(33)44-37(34)36/h2-25H,1H3. The molecule has 2 heterocycles. The lowest BCUT2D eigenvalue weighted by Gasteiger charge is -2.11. The highest BCUT2D eigenvalue weighted by Gasteiger charge is 2.19. The van der Waals surface area contributed by atoms with E-state index in [1.54, 1.807) is 11.3 Å². The summed E-state index contributed by atoms with van der Waals surface area (Å²) in [5, 5.41) is 2.48. The fraction of sp³-hybridized carbons (Fsp3) is 0.0250. The summed E-state index contributed by atoms with van der Waals surface area (Å²) in [5.41, 5.74) is 8.94. The van der Waals surface area contributed by atoms with E-state index in [4.69, 9.17) is 15.0 Å². The Balaban J connectivity index is 1.33. The Morgan fingerprint density at radius 1 is 0.409 bits per heavy atom. The van der Waals surface area contributed by atoms with Crippen molar-refractivity contribution >= 4 is 31.5 Å². The number of aryl methyl sites for hydroxylation is 1. The van der Waals surface area contributed by atoms with Crippen LogP contribution >= 0.6 is 11.3 Å². The van der Waals surface area contributed by atoms with Crippen LogP contribution in [0.15, 0.2) is 146 Å². The number of hydrogen-bond donors (Lipinski definition) is 0. The summed E-state index contributed by atoms with van der Waals surface area (Å²) < 4.78 is 2.43. The molecule has 0 spiro atoms. The molecule has 2 aromatic heterocycles. The molecule has 208 valence electrons. The molecule has 0 radical (unpaired) electrons. The van der Waals surface area contributed by atoms with Crippen LogP contribution in [0.5, 0.6) is 0 Å². The average molecular weight is 582 g/mol. The first-order valence-corrected chi connectivity index (χ1v) is 15.5. The summed E-state index contributed by atoms with van der Waals surface area (Å²) >= 11 is 1.80. The van der Waals surface area contributed by atoms with E-state index < -0.39 is 0 Å². The summed E-state index contributed by atoms with van der Waals surface area (Å²) in [7, 11) is 0. The quantitative estimate of drug-likeness (QED) is 0.203. The lowest BCUT2D eigenvalue weighted by molar-refractivity contribution is 1.08. The van der Waals surface area contributed by atoms with E-state index in [1.165, 1.54) is 42.4 Å². The van der Waals surface area contributed by atoms with Crippen molar-refractivity contribution in [2.45, 2.75) is 6.92 Å². The Morgan fingerprint density at radius 2 is 0.909 bits per heavy atom. The van der Waals surface area contributed by atoms with E-state index in [-0.39, 0.29) is 0 Å². The topological polar surface area (TPSA) is 38.7 Å². The summed E-state index contributed by atoms with van der Waals surface area (Å²) in [6.45, 7) is 2.11. The van der Waals surface area contributed by atoms with Gasteiger partial charge in [0, 0.05) is 36.9 Å². The van der Waals surface area contributed by atoms with Crippen molar-refractivity contribution in [3.63, 3.8) is 0 Å². The third kappa shape index (κ3) is 4.76. The lowest BCUT2D eigenvalue weighted by atomic mass is 9.97. The summed E-state index contributed by atoms with van der Waals surface area (Å²) in [6.07, 6.45) is 0. The molecule has 0 N–H and O–H groups in total. The molecule has 0 aliphatic carbocycles. The van der Waals surface area contributed by atoms with Crippen LogP contribution in [0.25, 0.3) is 76.6 Å². The highest BCUT2D eigenvalue weighted by molar-refractivity contribution is 7.26. The predicted octanol–water partition coefficient (Wildman–Crippen LogP) is 10.9. The van der Waals surface area contributed by atoms with Gasteiger partial charge in [-0.15, -0.1) is 11.3 Å². The second-order valence-electron chi connectivity index (χ2n) is 10.9. The van der Waals surface area contributed by atoms with E-state index in [0.29, 0.717) is 17.5 Å². The fourth-order valence-electron chi connectivity index (χ4n) is 5.76. The van der Waals surface area contributed by atoms with Crippen LogP contribution in [0.2, 0.25) is 0 Å². The van der Waals surface area contributed by atoms with Crippen LogP contribution < -0.4 is 0 Å². The number of thiophene rings is 1. The van der Waals surface area contributed by atoms with Gasteiger partial charge in [-0.2, -0.15) is 0 Å². The van der Waals surface area contributed by atoms with E-state index >= 15 is 0 Å². The number of fused-ring (bicyclic) bond motifs is 3. The zero-order valence-electron chi connectivity index (χ0n) is 24.1. The van der Waals surface area contributed by atoms with Gasteiger partial charge in [-0.3, -0.25) is 0 Å². The summed E-state index contributed by atoms with van der Waals surface area (Å²) in [5.74, 6) is 1.99. The molecule has 0 aliphatic heterocycles. The number of rotatable bonds is 5. The summed E-state index contributed by atoms with van der Waals surface area (Å²) in [4.78, 5) is 15.2. The Morgan fingerprint density at radius 3 is 1.59 bits per heavy atom. The van der Waals surface area contributed by atoms with Gasteiger partial charge in [-0.25, -0.2) is 15.0 Å². The van der Waals surface area contributed by atoms with Crippen molar-refractivity contribution in [3.05, 3.63) is 151 Å². The molecule has 8 rings (SSSR count). The molecule has 4 heteroatoms. The van der Waals surface area contributed by atoms with Crippen LogP contribution in [0.4, 0.5) is 0 Å². The van der Waals surface area contributed by atoms with E-state index in [2.05, 4.69) is 134 Å². The summed E-state index contributed by atoms with van der Waals surface area (Å²) in [6, 6.07) is 50.9. The van der Waals surface area contributed by atoms with Crippen molar-refractivity contribution in [3.8, 4) is 56.4 Å². The maximum absolute atomic E-state index is 5.12. The fourth-order valence-corrected chi connectivity index (χ4v) is 7.00. The normalized spacial score (nSPS) is 11.3. The molecule has 0 aliphatic rings. The van der Waals surface area contributed by atoms with Gasteiger partial charge in [0.25, 0.3) is 0 Å². The molecule has 0 amide bonds. The van der Waals surface area contributed by atoms with Crippen molar-refractivity contribution in [2.75, 3.05) is 0 Å². The molecule has 0 saturated heterocycles. The number of aromatic nitrogens is 3. The van der Waals surface area contributed by atoms with Gasteiger partial charge < -0.3 is 0 Å². The largest absolute Gasteiger partial charge is 0.208 e. The van der Waals surface area contributed by atoms with Crippen molar-refractivity contribution in [1.82, 2.24) is 15.0 Å². The van der Waals surface area contributed by atoms with Crippen LogP contribution in [0.3, 0.4) is 0 Å². The van der Waals surface area contributed by atoms with E-state index in [1.807, 2.05) is 18.2 Å². The van der Waals surface area contributed by atoms with Crippen molar-refractivity contribution in [2.24, 2.45) is 0 Å². The second-order valence-corrected chi connectivity index (χ2v) is 12.0. The minimum Gasteiger partial charge on any atom is -0.208 e. The van der Waals surface area contributed by atoms with Crippen LogP contribution in [-0.2, 0) is 0 Å². The lowest BCUT2D eigenvalue weighted by Crippen LogP contribution is -2.00. The monoisotopic (exact) mass is 581 g/mol. The predicted molar refractivity (Wildman–Crippen MR) is 185 cm³/mol. The van der Waals surface area contributed by atoms with Gasteiger partial charge in [0.15, 0.2) is 17.5 Å². The minimum absolute atomic E-state index is 0.658. The molecule has 0 saturated carbocycles. The number of hydrogen-bond acceptors (Lipinski definition) is 4. The third-order valence-electron chi connectivity index (χ3n) is 8.05. The van der Waals surface area contributed by atoms with Crippen LogP contribution in [0.1, 0.15) is 5.56 Å². The number of nitrogens with zero attached hydrogens (tertiary/aromatic N) is 3. The molecule has 8 aromatic rings. The highest BCUT2D eigenvalue weighted by Crippen LogP contribution is 2.44. The first-order valence-electron chi connectivity index (χ1n) is 14.7. The first-order chi connectivity index (χ1) is 21.7. The second kappa shape index (κ2) is 11.0. The minimum atomic E-state index is 0.658. The molecular weight excluding hydrogens is 555 g/mol. The zero-order chi connectivity index (χ0) is 29.5. The van der Waals surface area contributed by atoms with Gasteiger partial charge in [-0.05, 0) is 41.3 Å². The zero-order valence-corrected chi connectivity index (χ0v) is 24.9. The molecule has 3 nitrogen and oxygen atoms in total. The van der Waals surface area contributed by atoms with Crippen LogP contribution in [0, 0.1) is 6.92 Å². The SMILES string of the molecule is Cc1ccc(-c2ccc(-c3nc(-c4ccccc4)nc(-c4ccc(-c5ccccc5)c5c4sc4ccccc45)n3)cc2)cc1. The molecule has 0 atom stereocenters. The molecule has 0 bridgehead atoms. The van der Waals surface area contributed by atoms with Gasteiger partial charge >= 0.3 is 0 Å². The maximum Gasteiger partial charge on any atom is 0.165 e. The van der Waals surface area contributed by atoms with Crippen molar-refractivity contribution in [1.29, 1.82) is 0 Å². The molecule has 6 aromatic carbocycles. The Hall–Kier alpha value is -5.45. The molecule has 0 unspecified atom stereocenters. The smallest absolute Gasteiger partial charge is 0.165 e. The Bertz CT molecular complexity index is 2250. The van der Waals surface area contributed by atoms with Crippen molar-refractivity contribution < 1.29 is 0 Å². The molecular formula is C40H27N3S. The van der Waals surface area contributed by atoms with Gasteiger partial charge in [0.1, 0.15) is 0 Å². The van der Waals surface area contributed by atoms with E-state index in [9.17, 15) is 0 Å². The van der Waals surface area contributed by atoms with Crippen LogP contribution in [-0.4, -0.2) is 15.0 Å². The van der Waals surface area contributed by atoms with E-state index in [0.717, 1.165) is 22.3 Å². The number of benzene rings is 6. The van der Waals surface area contributed by atoms with Gasteiger partial charge in [0.05, 0.1) is 0 Å².